The monoisotopic (exact) mass is 571 g/mol. The van der Waals surface area contributed by atoms with Crippen LogP contribution in [0.5, 0.6) is 11.5 Å². The summed E-state index contributed by atoms with van der Waals surface area (Å²) in [5, 5.41) is 19.8. The molecule has 1 N–H and O–H groups in total. The van der Waals surface area contributed by atoms with Crippen LogP contribution in [0.3, 0.4) is 0 Å². The molecule has 0 spiro atoms. The number of carbonyl (C=O) groups excluding carboxylic acids is 2. The molecule has 0 saturated carbocycles. The molecule has 0 radical (unpaired) electrons. The molecule has 0 saturated heterocycles. The Morgan fingerprint density at radius 1 is 1.00 bits per heavy atom. The van der Waals surface area contributed by atoms with Crippen molar-refractivity contribution in [2.75, 3.05) is 19.1 Å². The first-order valence-electron chi connectivity index (χ1n) is 12.3. The molecule has 10 heteroatoms. The van der Waals surface area contributed by atoms with E-state index < -0.39 is 23.5 Å². The van der Waals surface area contributed by atoms with Gasteiger partial charge in [-0.05, 0) is 34.9 Å². The summed E-state index contributed by atoms with van der Waals surface area (Å²) < 4.78 is 11.5. The molecule has 0 aliphatic carbocycles. The zero-order valence-corrected chi connectivity index (χ0v) is 23.3. The number of aliphatic hydroxyl groups excluding tert-OH is 1. The van der Waals surface area contributed by atoms with Gasteiger partial charge in [0.15, 0.2) is 27.4 Å². The highest BCUT2D eigenvalue weighted by atomic mass is 32.2. The summed E-state index contributed by atoms with van der Waals surface area (Å²) in [5.41, 5.74) is 2.42. The van der Waals surface area contributed by atoms with Crippen LogP contribution in [0, 0.1) is 0 Å². The highest BCUT2D eigenvalue weighted by molar-refractivity contribution is 8.00. The number of allylic oxidation sites excluding steroid dienone is 1. The van der Waals surface area contributed by atoms with Crippen molar-refractivity contribution in [2.45, 2.75) is 16.1 Å². The lowest BCUT2D eigenvalue weighted by Gasteiger charge is -2.24. The Kier molecular flexibility index (Phi) is 8.28. The molecule has 0 fully saturated rings. The van der Waals surface area contributed by atoms with Crippen LogP contribution in [-0.4, -0.2) is 41.2 Å². The van der Waals surface area contributed by atoms with Crippen LogP contribution in [0.4, 0.5) is 5.13 Å². The summed E-state index contributed by atoms with van der Waals surface area (Å²) in [6.07, 6.45) is 3.00. The van der Waals surface area contributed by atoms with Crippen LogP contribution in [0.15, 0.2) is 101 Å². The van der Waals surface area contributed by atoms with E-state index in [4.69, 9.17) is 9.47 Å². The molecule has 5 rings (SSSR count). The number of ether oxygens (including phenoxy) is 2. The van der Waals surface area contributed by atoms with Gasteiger partial charge in [0.25, 0.3) is 5.91 Å². The molecular formula is C30H25N3O5S2. The van der Waals surface area contributed by atoms with Gasteiger partial charge in [-0.1, -0.05) is 95.9 Å². The van der Waals surface area contributed by atoms with Gasteiger partial charge in [-0.3, -0.25) is 14.5 Å². The van der Waals surface area contributed by atoms with Crippen molar-refractivity contribution in [3.05, 3.63) is 113 Å². The predicted octanol–water partition coefficient (Wildman–Crippen LogP) is 6.03. The molecule has 1 aliphatic heterocycles. The van der Waals surface area contributed by atoms with Crippen molar-refractivity contribution in [3.8, 4) is 11.5 Å². The highest BCUT2D eigenvalue weighted by Gasteiger charge is 2.45. The standard InChI is InChI=1S/C30H25N3O5S2/c1-37-23-16-14-21(17-24(23)38-2)26-25(22(34)15-13-19-9-5-3-6-10-19)27(35)28(36)33(26)29-31-32-30(40-29)39-18-20-11-7-4-8-12-20/h3-17,26,35H,18H2,1-2H3/b15-13+. The predicted molar refractivity (Wildman–Crippen MR) is 156 cm³/mol. The molecule has 3 aromatic carbocycles. The number of hydrogen-bond donors (Lipinski definition) is 1. The molecule has 202 valence electrons. The lowest BCUT2D eigenvalue weighted by Crippen LogP contribution is -2.30. The van der Waals surface area contributed by atoms with E-state index in [1.54, 1.807) is 24.3 Å². The van der Waals surface area contributed by atoms with Crippen LogP contribution >= 0.6 is 23.1 Å². The summed E-state index contributed by atoms with van der Waals surface area (Å²) in [4.78, 5) is 28.3. The zero-order chi connectivity index (χ0) is 28.1. The third-order valence-electron chi connectivity index (χ3n) is 6.23. The van der Waals surface area contributed by atoms with Crippen molar-refractivity contribution in [3.63, 3.8) is 0 Å². The van der Waals surface area contributed by atoms with E-state index in [9.17, 15) is 14.7 Å². The molecule has 4 aromatic rings. The number of thioether (sulfide) groups is 1. The zero-order valence-electron chi connectivity index (χ0n) is 21.7. The SMILES string of the molecule is COc1ccc(C2C(C(=O)/C=C/c3ccccc3)=C(O)C(=O)N2c2nnc(SCc3ccccc3)s2)cc1OC. The maximum absolute atomic E-state index is 13.5. The Bertz CT molecular complexity index is 1590. The molecule has 1 amide bonds. The number of carbonyl (C=O) groups is 2. The molecule has 8 nitrogen and oxygen atoms in total. The number of anilines is 1. The van der Waals surface area contributed by atoms with Crippen LogP contribution < -0.4 is 14.4 Å². The number of aromatic nitrogens is 2. The second kappa shape index (κ2) is 12.2. The van der Waals surface area contributed by atoms with E-state index in [0.29, 0.717) is 27.2 Å². The molecule has 1 aromatic heterocycles. The van der Waals surface area contributed by atoms with Crippen LogP contribution in [0.1, 0.15) is 22.7 Å². The van der Waals surface area contributed by atoms with Gasteiger partial charge >= 0.3 is 0 Å². The van der Waals surface area contributed by atoms with Crippen LogP contribution in [0.2, 0.25) is 0 Å². The second-order valence-electron chi connectivity index (χ2n) is 8.69. The third kappa shape index (κ3) is 5.63. The van der Waals surface area contributed by atoms with Gasteiger partial charge in [0.2, 0.25) is 5.13 Å². The Labute approximate surface area is 239 Å². The maximum atomic E-state index is 13.5. The highest BCUT2D eigenvalue weighted by Crippen LogP contribution is 2.45. The Balaban J connectivity index is 1.51. The fraction of sp³-hybridized carbons (Fsp3) is 0.133. The molecule has 40 heavy (non-hydrogen) atoms. The summed E-state index contributed by atoms with van der Waals surface area (Å²) in [7, 11) is 3.02. The van der Waals surface area contributed by atoms with Gasteiger partial charge in [0.05, 0.1) is 25.8 Å². The number of methoxy groups -OCH3 is 2. The van der Waals surface area contributed by atoms with Gasteiger partial charge in [-0.15, -0.1) is 10.2 Å². The molecule has 0 bridgehead atoms. The average Bonchev–Trinajstić information content (AvgIpc) is 3.57. The number of amides is 1. The first kappa shape index (κ1) is 27.2. The van der Waals surface area contributed by atoms with Gasteiger partial charge < -0.3 is 14.6 Å². The smallest absolute Gasteiger partial charge is 0.296 e. The Morgan fingerprint density at radius 3 is 2.40 bits per heavy atom. The van der Waals surface area contributed by atoms with Crippen LogP contribution in [-0.2, 0) is 15.3 Å². The van der Waals surface area contributed by atoms with Gasteiger partial charge in [-0.2, -0.15) is 0 Å². The van der Waals surface area contributed by atoms with E-state index in [2.05, 4.69) is 10.2 Å². The summed E-state index contributed by atoms with van der Waals surface area (Å²) in [6.45, 7) is 0. The normalized spacial score (nSPS) is 15.2. The fourth-order valence-corrected chi connectivity index (χ4v) is 6.12. The van der Waals surface area contributed by atoms with E-state index in [1.807, 2.05) is 60.7 Å². The van der Waals surface area contributed by atoms with Gasteiger partial charge in [0, 0.05) is 5.75 Å². The topological polar surface area (TPSA) is 102 Å². The number of benzene rings is 3. The maximum Gasteiger partial charge on any atom is 0.296 e. The number of hydrogen-bond acceptors (Lipinski definition) is 9. The molecule has 1 unspecified atom stereocenters. The lowest BCUT2D eigenvalue weighted by atomic mass is 9.95. The minimum absolute atomic E-state index is 0.0573. The Hall–Kier alpha value is -4.41. The summed E-state index contributed by atoms with van der Waals surface area (Å²) >= 11 is 2.71. The lowest BCUT2D eigenvalue weighted by molar-refractivity contribution is -0.117. The first-order chi connectivity index (χ1) is 19.5. The van der Waals surface area contributed by atoms with E-state index in [1.165, 1.54) is 48.3 Å². The fourth-order valence-electron chi connectivity index (χ4n) is 4.30. The van der Waals surface area contributed by atoms with Crippen molar-refractivity contribution in [1.82, 2.24) is 10.2 Å². The second-order valence-corrected chi connectivity index (χ2v) is 10.9. The molecule has 2 heterocycles. The Morgan fingerprint density at radius 2 is 1.70 bits per heavy atom. The largest absolute Gasteiger partial charge is 0.503 e. The quantitative estimate of drug-likeness (QED) is 0.140. The minimum Gasteiger partial charge on any atom is -0.503 e. The first-order valence-corrected chi connectivity index (χ1v) is 14.1. The van der Waals surface area contributed by atoms with E-state index in [0.717, 1.165) is 11.1 Å². The third-order valence-corrected chi connectivity index (χ3v) is 8.36. The average molecular weight is 572 g/mol. The van der Waals surface area contributed by atoms with E-state index in [-0.39, 0.29) is 10.7 Å². The molecule has 1 atom stereocenters. The van der Waals surface area contributed by atoms with Gasteiger partial charge in [-0.25, -0.2) is 0 Å². The van der Waals surface area contributed by atoms with Crippen molar-refractivity contribution >= 4 is 46.0 Å². The number of nitrogens with zero attached hydrogens (tertiary/aromatic N) is 3. The minimum atomic E-state index is -0.958. The van der Waals surface area contributed by atoms with Crippen molar-refractivity contribution in [2.24, 2.45) is 0 Å². The number of rotatable bonds is 10. The summed E-state index contributed by atoms with van der Waals surface area (Å²) in [5.74, 6) is -0.270. The van der Waals surface area contributed by atoms with Crippen molar-refractivity contribution < 1.29 is 24.2 Å². The number of ketones is 1. The molecule has 1 aliphatic rings. The summed E-state index contributed by atoms with van der Waals surface area (Å²) in [6, 6.07) is 23.4. The van der Waals surface area contributed by atoms with E-state index >= 15 is 0 Å². The van der Waals surface area contributed by atoms with Crippen LogP contribution in [0.25, 0.3) is 6.08 Å². The molecular weight excluding hydrogens is 546 g/mol. The van der Waals surface area contributed by atoms with Crippen molar-refractivity contribution in [1.29, 1.82) is 0 Å². The van der Waals surface area contributed by atoms with Gasteiger partial charge in [0.1, 0.15) is 0 Å². The number of aliphatic hydroxyl groups is 1.